The molecule has 1 aliphatic rings. The first-order valence-electron chi connectivity index (χ1n) is 6.74. The number of halogens is 1. The van der Waals surface area contributed by atoms with Crippen molar-refractivity contribution in [1.29, 1.82) is 0 Å². The summed E-state index contributed by atoms with van der Waals surface area (Å²) in [5.41, 5.74) is -0.326. The first kappa shape index (κ1) is 15.6. The number of piperazine rings is 1. The summed E-state index contributed by atoms with van der Waals surface area (Å²) in [4.78, 5) is 27.2. The predicted octanol–water partition coefficient (Wildman–Crippen LogP) is 1.48. The molecule has 2 rings (SSSR count). The van der Waals surface area contributed by atoms with Crippen LogP contribution in [-0.4, -0.2) is 53.0 Å². The van der Waals surface area contributed by atoms with Gasteiger partial charge in [0, 0.05) is 32.2 Å². The number of carbonyl (C=O) groups excluding carboxylic acids is 1. The first-order chi connectivity index (χ1) is 9.76. The summed E-state index contributed by atoms with van der Waals surface area (Å²) in [5.74, 6) is 0. The number of amides is 1. The van der Waals surface area contributed by atoms with Crippen LogP contribution >= 0.6 is 11.6 Å². The number of H-pyrrole nitrogens is 1. The normalized spacial score (nSPS) is 16.0. The second-order valence-electron chi connectivity index (χ2n) is 5.86. The topological polar surface area (TPSA) is 78.5 Å². The minimum Gasteiger partial charge on any atom is -0.444 e. The second-order valence-corrected chi connectivity index (χ2v) is 6.25. The van der Waals surface area contributed by atoms with Crippen LogP contribution in [0, 0.1) is 0 Å². The van der Waals surface area contributed by atoms with Crippen LogP contribution in [0.1, 0.15) is 20.8 Å². The number of nitrogens with zero attached hydrogens (tertiary/aromatic N) is 3. The molecule has 0 spiro atoms. The second kappa shape index (κ2) is 5.93. The number of hydrogen-bond acceptors (Lipinski definition) is 5. The minimum atomic E-state index is -0.510. The SMILES string of the molecule is CC(C)(C)OC(=O)N1CCN(c2cc(Cl)n[nH]c2=O)CC1. The van der Waals surface area contributed by atoms with Crippen molar-refractivity contribution >= 4 is 23.4 Å². The van der Waals surface area contributed by atoms with Crippen molar-refractivity contribution in [3.63, 3.8) is 0 Å². The van der Waals surface area contributed by atoms with E-state index in [9.17, 15) is 9.59 Å². The molecule has 1 saturated heterocycles. The van der Waals surface area contributed by atoms with Gasteiger partial charge in [0.25, 0.3) is 5.56 Å². The number of carbonyl (C=O) groups is 1. The van der Waals surface area contributed by atoms with Crippen molar-refractivity contribution < 1.29 is 9.53 Å². The Morgan fingerprint density at radius 3 is 2.52 bits per heavy atom. The lowest BCUT2D eigenvalue weighted by Crippen LogP contribution is -2.51. The molecule has 0 radical (unpaired) electrons. The van der Waals surface area contributed by atoms with E-state index in [4.69, 9.17) is 16.3 Å². The number of anilines is 1. The average Bonchev–Trinajstić information content (AvgIpc) is 2.40. The van der Waals surface area contributed by atoms with Gasteiger partial charge in [0.1, 0.15) is 11.3 Å². The van der Waals surface area contributed by atoms with Gasteiger partial charge in [-0.3, -0.25) is 4.79 Å². The Labute approximate surface area is 127 Å². The van der Waals surface area contributed by atoms with E-state index in [1.54, 1.807) is 4.90 Å². The molecule has 0 aliphatic carbocycles. The lowest BCUT2D eigenvalue weighted by atomic mass is 10.2. The molecule has 21 heavy (non-hydrogen) atoms. The monoisotopic (exact) mass is 314 g/mol. The number of rotatable bonds is 1. The molecule has 2 heterocycles. The molecule has 0 bridgehead atoms. The molecule has 7 nitrogen and oxygen atoms in total. The smallest absolute Gasteiger partial charge is 0.410 e. The Morgan fingerprint density at radius 2 is 1.95 bits per heavy atom. The average molecular weight is 315 g/mol. The fourth-order valence-electron chi connectivity index (χ4n) is 2.06. The summed E-state index contributed by atoms with van der Waals surface area (Å²) < 4.78 is 5.33. The quantitative estimate of drug-likeness (QED) is 0.849. The Balaban J connectivity index is 1.99. The summed E-state index contributed by atoms with van der Waals surface area (Å²) >= 11 is 5.80. The first-order valence-corrected chi connectivity index (χ1v) is 7.12. The summed E-state index contributed by atoms with van der Waals surface area (Å²) in [6.45, 7) is 7.58. The molecule has 1 aromatic heterocycles. The Bertz CT molecular complexity index is 574. The zero-order valence-corrected chi connectivity index (χ0v) is 13.1. The number of nitrogens with one attached hydrogen (secondary N) is 1. The third kappa shape index (κ3) is 4.10. The van der Waals surface area contributed by atoms with E-state index in [0.29, 0.717) is 31.9 Å². The van der Waals surface area contributed by atoms with Gasteiger partial charge >= 0.3 is 6.09 Å². The van der Waals surface area contributed by atoms with E-state index in [0.717, 1.165) is 0 Å². The van der Waals surface area contributed by atoms with Crippen molar-refractivity contribution in [2.24, 2.45) is 0 Å². The third-order valence-electron chi connectivity index (χ3n) is 3.02. The Kier molecular flexibility index (Phi) is 4.41. The molecular formula is C13H19ClN4O3. The highest BCUT2D eigenvalue weighted by atomic mass is 35.5. The molecule has 8 heteroatoms. The van der Waals surface area contributed by atoms with Gasteiger partial charge < -0.3 is 14.5 Å². The summed E-state index contributed by atoms with van der Waals surface area (Å²) in [5, 5.41) is 6.22. The van der Waals surface area contributed by atoms with E-state index in [1.165, 1.54) is 6.07 Å². The summed E-state index contributed by atoms with van der Waals surface area (Å²) in [7, 11) is 0. The molecular weight excluding hydrogens is 296 g/mol. The van der Waals surface area contributed by atoms with Crippen LogP contribution < -0.4 is 10.5 Å². The lowest BCUT2D eigenvalue weighted by Gasteiger charge is -2.36. The zero-order valence-electron chi connectivity index (χ0n) is 12.4. The summed E-state index contributed by atoms with van der Waals surface area (Å²) in [6.07, 6.45) is -0.330. The lowest BCUT2D eigenvalue weighted by molar-refractivity contribution is 0.0240. The molecule has 0 aromatic carbocycles. The highest BCUT2D eigenvalue weighted by Crippen LogP contribution is 2.16. The van der Waals surface area contributed by atoms with Crippen molar-refractivity contribution in [2.45, 2.75) is 26.4 Å². The maximum Gasteiger partial charge on any atom is 0.410 e. The number of ether oxygens (including phenoxy) is 1. The molecule has 0 saturated carbocycles. The standard InChI is InChI=1S/C13H19ClN4O3/c1-13(2,3)21-12(20)18-6-4-17(5-7-18)9-8-10(14)15-16-11(9)19/h8H,4-7H2,1-3H3,(H,16,19). The van der Waals surface area contributed by atoms with E-state index >= 15 is 0 Å². The van der Waals surface area contributed by atoms with Gasteiger partial charge in [0.2, 0.25) is 0 Å². The molecule has 0 unspecified atom stereocenters. The highest BCUT2D eigenvalue weighted by Gasteiger charge is 2.26. The Hall–Kier alpha value is -1.76. The van der Waals surface area contributed by atoms with Crippen LogP contribution in [0.5, 0.6) is 0 Å². The van der Waals surface area contributed by atoms with Crippen LogP contribution in [-0.2, 0) is 4.74 Å². The van der Waals surface area contributed by atoms with E-state index in [-0.39, 0.29) is 16.8 Å². The maximum atomic E-state index is 12.0. The number of aromatic nitrogens is 2. The van der Waals surface area contributed by atoms with Crippen LogP contribution in [0.2, 0.25) is 5.15 Å². The maximum absolute atomic E-state index is 12.0. The predicted molar refractivity (Wildman–Crippen MR) is 79.9 cm³/mol. The minimum absolute atomic E-state index is 0.235. The molecule has 1 N–H and O–H groups in total. The fraction of sp³-hybridized carbons (Fsp3) is 0.615. The highest BCUT2D eigenvalue weighted by molar-refractivity contribution is 6.29. The van der Waals surface area contributed by atoms with Crippen LogP contribution in [0.25, 0.3) is 0 Å². The fourth-order valence-corrected chi connectivity index (χ4v) is 2.21. The van der Waals surface area contributed by atoms with E-state index in [1.807, 2.05) is 25.7 Å². The van der Waals surface area contributed by atoms with Crippen molar-refractivity contribution in [3.05, 3.63) is 21.6 Å². The van der Waals surface area contributed by atoms with Gasteiger partial charge in [0.05, 0.1) is 0 Å². The van der Waals surface area contributed by atoms with Crippen LogP contribution in [0.3, 0.4) is 0 Å². The molecule has 0 atom stereocenters. The van der Waals surface area contributed by atoms with Gasteiger partial charge in [-0.05, 0) is 20.8 Å². The Morgan fingerprint density at radius 1 is 1.33 bits per heavy atom. The zero-order chi connectivity index (χ0) is 15.6. The van der Waals surface area contributed by atoms with Gasteiger partial charge in [-0.15, -0.1) is 0 Å². The van der Waals surface area contributed by atoms with Gasteiger partial charge in [0.15, 0.2) is 5.15 Å². The largest absolute Gasteiger partial charge is 0.444 e. The van der Waals surface area contributed by atoms with Gasteiger partial charge in [-0.1, -0.05) is 11.6 Å². The van der Waals surface area contributed by atoms with Crippen molar-refractivity contribution in [2.75, 3.05) is 31.1 Å². The molecule has 1 aliphatic heterocycles. The van der Waals surface area contributed by atoms with Crippen molar-refractivity contribution in [1.82, 2.24) is 15.1 Å². The summed E-state index contributed by atoms with van der Waals surface area (Å²) in [6, 6.07) is 1.53. The number of aromatic amines is 1. The molecule has 1 amide bonds. The molecule has 1 aromatic rings. The third-order valence-corrected chi connectivity index (χ3v) is 3.22. The van der Waals surface area contributed by atoms with E-state index < -0.39 is 5.60 Å². The number of hydrogen-bond donors (Lipinski definition) is 1. The van der Waals surface area contributed by atoms with Gasteiger partial charge in [-0.25, -0.2) is 9.89 Å². The molecule has 1 fully saturated rings. The van der Waals surface area contributed by atoms with E-state index in [2.05, 4.69) is 10.2 Å². The van der Waals surface area contributed by atoms with Crippen LogP contribution in [0.4, 0.5) is 10.5 Å². The van der Waals surface area contributed by atoms with Crippen molar-refractivity contribution in [3.8, 4) is 0 Å². The van der Waals surface area contributed by atoms with Gasteiger partial charge in [-0.2, -0.15) is 5.10 Å². The molecule has 116 valence electrons. The van der Waals surface area contributed by atoms with Crippen LogP contribution in [0.15, 0.2) is 10.9 Å².